The van der Waals surface area contributed by atoms with Crippen molar-refractivity contribution in [3.05, 3.63) is 29.8 Å². The van der Waals surface area contributed by atoms with Gasteiger partial charge in [0.2, 0.25) is 0 Å². The summed E-state index contributed by atoms with van der Waals surface area (Å²) in [5.74, 6) is -0.447. The minimum absolute atomic E-state index is 0.242. The predicted molar refractivity (Wildman–Crippen MR) is 48.8 cm³/mol. The van der Waals surface area contributed by atoms with E-state index >= 15 is 0 Å². The van der Waals surface area contributed by atoms with Crippen LogP contribution in [0, 0.1) is 0 Å². The highest BCUT2D eigenvalue weighted by Crippen LogP contribution is 2.07. The van der Waals surface area contributed by atoms with Gasteiger partial charge in [-0.1, -0.05) is 0 Å². The molecule has 0 aromatic heterocycles. The molecule has 0 saturated carbocycles. The second-order valence-corrected chi connectivity index (χ2v) is 3.36. The van der Waals surface area contributed by atoms with Crippen molar-refractivity contribution in [3.8, 4) is 0 Å². The third-order valence-electron chi connectivity index (χ3n) is 1.40. The van der Waals surface area contributed by atoms with E-state index in [1.54, 1.807) is 0 Å². The molecule has 0 saturated heterocycles. The molecule has 0 aliphatic rings. The van der Waals surface area contributed by atoms with Crippen LogP contribution in [0.1, 0.15) is 10.4 Å². The van der Waals surface area contributed by atoms with Crippen molar-refractivity contribution in [1.82, 2.24) is 4.84 Å². The zero-order valence-corrected chi connectivity index (χ0v) is 7.93. The van der Waals surface area contributed by atoms with Crippen LogP contribution in [0.5, 0.6) is 0 Å². The Bertz CT molecular complexity index is 338. The zero-order valence-electron chi connectivity index (χ0n) is 6.36. The number of rotatable bonds is 2. The molecule has 0 fully saturated rings. The van der Waals surface area contributed by atoms with E-state index in [0.717, 1.165) is 0 Å². The minimum Gasteiger partial charge on any atom is -0.302 e. The fourth-order valence-electron chi connectivity index (χ4n) is 0.777. The lowest BCUT2D eigenvalue weighted by Gasteiger charge is -1.98. The van der Waals surface area contributed by atoms with Gasteiger partial charge in [0.25, 0.3) is 5.91 Å². The van der Waals surface area contributed by atoms with Crippen LogP contribution in [0.4, 0.5) is 0 Å². The average Bonchev–Trinajstić information content (AvgIpc) is 2.17. The van der Waals surface area contributed by atoms with Gasteiger partial charge in [0.1, 0.15) is 0 Å². The van der Waals surface area contributed by atoms with E-state index in [4.69, 9.17) is 16.3 Å². The molecule has 6 heteroatoms. The minimum atomic E-state index is -2.02. The number of halogens is 1. The van der Waals surface area contributed by atoms with Crippen LogP contribution in [-0.2, 0) is 11.1 Å². The van der Waals surface area contributed by atoms with Crippen molar-refractivity contribution in [2.45, 2.75) is 4.90 Å². The predicted octanol–water partition coefficient (Wildman–Crippen LogP) is 1.15. The zero-order chi connectivity index (χ0) is 9.84. The molecule has 1 amide bonds. The van der Waals surface area contributed by atoms with Crippen LogP contribution < -0.4 is 4.84 Å². The first-order chi connectivity index (χ1) is 6.15. The lowest BCUT2D eigenvalue weighted by molar-refractivity contribution is 0.0981. The number of hydrogen-bond donors (Lipinski definition) is 2. The fourth-order valence-corrected chi connectivity index (χ4v) is 1.26. The number of benzene rings is 1. The Morgan fingerprint density at radius 1 is 1.38 bits per heavy atom. The van der Waals surface area contributed by atoms with E-state index in [1.165, 1.54) is 24.3 Å². The average molecular weight is 220 g/mol. The Morgan fingerprint density at radius 2 is 1.92 bits per heavy atom. The van der Waals surface area contributed by atoms with Crippen molar-refractivity contribution in [2.24, 2.45) is 0 Å². The molecule has 1 aromatic carbocycles. The van der Waals surface area contributed by atoms with Crippen molar-refractivity contribution >= 4 is 28.8 Å². The van der Waals surface area contributed by atoms with Crippen molar-refractivity contribution in [1.29, 1.82) is 0 Å². The second-order valence-electron chi connectivity index (χ2n) is 2.20. The van der Waals surface area contributed by atoms with Gasteiger partial charge in [-0.2, -0.15) is 0 Å². The van der Waals surface area contributed by atoms with Gasteiger partial charge in [0, 0.05) is 17.3 Å². The number of amides is 1. The summed E-state index contributed by atoms with van der Waals surface area (Å²) in [4.78, 5) is 13.1. The SMILES string of the molecule is O=C(NCl)c1ccc(S(=O)O)cc1. The van der Waals surface area contributed by atoms with Crippen LogP contribution in [0.3, 0.4) is 0 Å². The third kappa shape index (κ3) is 2.51. The molecule has 0 bridgehead atoms. The summed E-state index contributed by atoms with van der Waals surface area (Å²) < 4.78 is 19.2. The third-order valence-corrected chi connectivity index (χ3v) is 2.25. The van der Waals surface area contributed by atoms with Gasteiger partial charge in [-0.3, -0.25) is 9.63 Å². The summed E-state index contributed by atoms with van der Waals surface area (Å²) in [6.45, 7) is 0. The number of carbonyl (C=O) groups is 1. The van der Waals surface area contributed by atoms with Crippen molar-refractivity contribution < 1.29 is 13.6 Å². The lowest BCUT2D eigenvalue weighted by Crippen LogP contribution is -2.12. The summed E-state index contributed by atoms with van der Waals surface area (Å²) in [5.41, 5.74) is 0.337. The summed E-state index contributed by atoms with van der Waals surface area (Å²) in [6.07, 6.45) is 0. The molecular formula is C7H6ClNO3S. The molecule has 0 aliphatic carbocycles. The van der Waals surface area contributed by atoms with E-state index in [2.05, 4.69) is 0 Å². The summed E-state index contributed by atoms with van der Waals surface area (Å²) in [6, 6.07) is 5.61. The smallest absolute Gasteiger partial charge is 0.265 e. The van der Waals surface area contributed by atoms with Crippen LogP contribution in [0.15, 0.2) is 29.2 Å². The maximum absolute atomic E-state index is 10.9. The summed E-state index contributed by atoms with van der Waals surface area (Å²) >= 11 is 3.06. The fraction of sp³-hybridized carbons (Fsp3) is 0. The first-order valence-corrected chi connectivity index (χ1v) is 4.75. The number of nitrogens with one attached hydrogen (secondary N) is 1. The first kappa shape index (κ1) is 10.2. The topological polar surface area (TPSA) is 66.4 Å². The van der Waals surface area contributed by atoms with Gasteiger partial charge in [-0.05, 0) is 24.3 Å². The quantitative estimate of drug-likeness (QED) is 0.579. The van der Waals surface area contributed by atoms with Gasteiger partial charge in [-0.15, -0.1) is 0 Å². The number of hydrogen-bond acceptors (Lipinski definition) is 2. The van der Waals surface area contributed by atoms with E-state index in [-0.39, 0.29) is 4.90 Å². The molecule has 1 aromatic rings. The standard InChI is InChI=1S/C7H6ClNO3S/c8-9-7(10)5-1-3-6(4-2-5)13(11)12/h1-4H,(H,9,10)(H,11,12). The highest BCUT2D eigenvalue weighted by atomic mass is 35.5. The molecule has 0 radical (unpaired) electrons. The van der Waals surface area contributed by atoms with E-state index < -0.39 is 17.0 Å². The largest absolute Gasteiger partial charge is 0.302 e. The Labute approximate surface area is 82.3 Å². The van der Waals surface area contributed by atoms with Crippen molar-refractivity contribution in [2.75, 3.05) is 0 Å². The maximum atomic E-state index is 10.9. The normalized spacial score (nSPS) is 12.2. The molecule has 70 valence electrons. The van der Waals surface area contributed by atoms with E-state index in [1.807, 2.05) is 4.84 Å². The lowest BCUT2D eigenvalue weighted by atomic mass is 10.2. The molecule has 0 heterocycles. The molecule has 4 nitrogen and oxygen atoms in total. The van der Waals surface area contributed by atoms with Gasteiger partial charge in [0.15, 0.2) is 11.1 Å². The van der Waals surface area contributed by atoms with Crippen LogP contribution >= 0.6 is 11.8 Å². The van der Waals surface area contributed by atoms with Crippen LogP contribution in [0.25, 0.3) is 0 Å². The second kappa shape index (κ2) is 4.36. The van der Waals surface area contributed by atoms with Crippen LogP contribution in [0.2, 0.25) is 0 Å². The first-order valence-electron chi connectivity index (χ1n) is 3.27. The van der Waals surface area contributed by atoms with Crippen LogP contribution in [-0.4, -0.2) is 14.7 Å². The Hall–Kier alpha value is -0.910. The van der Waals surface area contributed by atoms with Gasteiger partial charge >= 0.3 is 0 Å². The van der Waals surface area contributed by atoms with Gasteiger partial charge < -0.3 is 4.55 Å². The molecule has 1 unspecified atom stereocenters. The summed E-state index contributed by atoms with van der Waals surface area (Å²) in [5, 5.41) is 0. The molecule has 1 rings (SSSR count). The molecular weight excluding hydrogens is 214 g/mol. The highest BCUT2D eigenvalue weighted by Gasteiger charge is 2.04. The van der Waals surface area contributed by atoms with Gasteiger partial charge in [0.05, 0.1) is 4.90 Å². The highest BCUT2D eigenvalue weighted by molar-refractivity contribution is 7.79. The van der Waals surface area contributed by atoms with E-state index in [0.29, 0.717) is 5.56 Å². The molecule has 1 atom stereocenters. The molecule has 0 spiro atoms. The van der Waals surface area contributed by atoms with E-state index in [9.17, 15) is 9.00 Å². The summed E-state index contributed by atoms with van der Waals surface area (Å²) in [7, 11) is 0. The monoisotopic (exact) mass is 219 g/mol. The molecule has 0 aliphatic heterocycles. The maximum Gasteiger partial charge on any atom is 0.265 e. The molecule has 2 N–H and O–H groups in total. The Morgan fingerprint density at radius 3 is 2.31 bits per heavy atom. The van der Waals surface area contributed by atoms with Gasteiger partial charge in [-0.25, -0.2) is 4.21 Å². The Kier molecular flexibility index (Phi) is 3.41. The Balaban J connectivity index is 2.93. The van der Waals surface area contributed by atoms with Crippen molar-refractivity contribution in [3.63, 3.8) is 0 Å². The number of carbonyl (C=O) groups excluding carboxylic acids is 1. The molecule has 13 heavy (non-hydrogen) atoms.